The van der Waals surface area contributed by atoms with Crippen LogP contribution in [0.1, 0.15) is 18.1 Å². The van der Waals surface area contributed by atoms with Gasteiger partial charge in [-0.15, -0.1) is 12.3 Å². The lowest BCUT2D eigenvalue weighted by molar-refractivity contribution is 1.12. The van der Waals surface area contributed by atoms with Crippen molar-refractivity contribution in [2.45, 2.75) is 19.8 Å². The molecule has 0 saturated carbocycles. The van der Waals surface area contributed by atoms with Crippen LogP contribution in [0.4, 0.5) is 0 Å². The maximum atomic E-state index is 5.20. The van der Waals surface area contributed by atoms with Crippen LogP contribution in [0.2, 0.25) is 0 Å². The van der Waals surface area contributed by atoms with Crippen molar-refractivity contribution < 1.29 is 0 Å². The molecule has 0 amide bonds. The highest BCUT2D eigenvalue weighted by atomic mass is 14.0. The van der Waals surface area contributed by atoms with Crippen molar-refractivity contribution >= 4 is 0 Å². The van der Waals surface area contributed by atoms with Crippen molar-refractivity contribution in [2.75, 3.05) is 0 Å². The van der Waals surface area contributed by atoms with Gasteiger partial charge in [0.2, 0.25) is 0 Å². The number of hydrogen-bond donors (Lipinski definition) is 0. The van der Waals surface area contributed by atoms with Gasteiger partial charge in [-0.25, -0.2) is 0 Å². The smallest absolute Gasteiger partial charge is 0.0337 e. The van der Waals surface area contributed by atoms with Crippen LogP contribution in [0.25, 0.3) is 0 Å². The summed E-state index contributed by atoms with van der Waals surface area (Å²) in [6.45, 7) is 2.15. The van der Waals surface area contributed by atoms with Crippen LogP contribution in [-0.4, -0.2) is 0 Å². The zero-order valence-corrected chi connectivity index (χ0v) is 6.80. The van der Waals surface area contributed by atoms with E-state index in [1.54, 1.807) is 0 Å². The Kier molecular flexibility index (Phi) is 2.74. The minimum atomic E-state index is 0.744. The summed E-state index contributed by atoms with van der Waals surface area (Å²) in [6.07, 6.45) is 7.03. The van der Waals surface area contributed by atoms with Crippen LogP contribution in [0, 0.1) is 12.3 Å². The van der Waals surface area contributed by atoms with E-state index < -0.39 is 0 Å². The average molecular weight is 144 g/mol. The molecule has 0 saturated heterocycles. The quantitative estimate of drug-likeness (QED) is 0.559. The Hall–Kier alpha value is -1.22. The molecule has 1 aromatic rings. The molecule has 0 aliphatic heterocycles. The van der Waals surface area contributed by atoms with Gasteiger partial charge >= 0.3 is 0 Å². The fraction of sp³-hybridized carbons (Fsp3) is 0.273. The fourth-order valence-electron chi connectivity index (χ4n) is 1.08. The van der Waals surface area contributed by atoms with E-state index in [4.69, 9.17) is 6.42 Å². The van der Waals surface area contributed by atoms with Crippen LogP contribution < -0.4 is 0 Å². The van der Waals surface area contributed by atoms with Crippen LogP contribution in [0.5, 0.6) is 0 Å². The van der Waals surface area contributed by atoms with Gasteiger partial charge in [-0.1, -0.05) is 31.2 Å². The first-order valence-electron chi connectivity index (χ1n) is 3.88. The van der Waals surface area contributed by atoms with Gasteiger partial charge in [0.1, 0.15) is 0 Å². The fourth-order valence-corrected chi connectivity index (χ4v) is 1.08. The minimum absolute atomic E-state index is 0.744. The van der Waals surface area contributed by atoms with Crippen LogP contribution >= 0.6 is 0 Å². The number of benzene rings is 1. The molecule has 0 fully saturated rings. The summed E-state index contributed by atoms with van der Waals surface area (Å²) in [5, 5.41) is 0. The largest absolute Gasteiger partial charge is 0.120 e. The number of terminal acetylenes is 1. The van der Waals surface area contributed by atoms with Gasteiger partial charge in [-0.3, -0.25) is 0 Å². The molecule has 0 N–H and O–H groups in total. The van der Waals surface area contributed by atoms with Gasteiger partial charge < -0.3 is 0 Å². The van der Waals surface area contributed by atoms with E-state index in [9.17, 15) is 0 Å². The van der Waals surface area contributed by atoms with E-state index in [0.717, 1.165) is 12.8 Å². The third kappa shape index (κ3) is 2.13. The SMILES string of the molecule is C#CCc1cccc(CC)c1. The standard InChI is InChI=1S/C11H12/c1-3-6-11-8-5-7-10(4-2)9-11/h1,5,7-9H,4,6H2,2H3. The molecule has 0 nitrogen and oxygen atoms in total. The Balaban J connectivity index is 2.84. The summed E-state index contributed by atoms with van der Waals surface area (Å²) >= 11 is 0. The Labute approximate surface area is 68.3 Å². The number of rotatable bonds is 2. The van der Waals surface area contributed by atoms with E-state index >= 15 is 0 Å². The Morgan fingerprint density at radius 2 is 2.09 bits per heavy atom. The normalized spacial score (nSPS) is 9.09. The molecule has 0 aromatic heterocycles. The number of aryl methyl sites for hydroxylation is 1. The van der Waals surface area contributed by atoms with E-state index in [1.165, 1.54) is 11.1 Å². The predicted molar refractivity (Wildman–Crippen MR) is 48.4 cm³/mol. The first-order valence-corrected chi connectivity index (χ1v) is 3.88. The van der Waals surface area contributed by atoms with Gasteiger partial charge in [0.25, 0.3) is 0 Å². The molecule has 0 spiro atoms. The molecule has 0 aliphatic carbocycles. The zero-order valence-electron chi connectivity index (χ0n) is 6.80. The van der Waals surface area contributed by atoms with Crippen molar-refractivity contribution in [3.05, 3.63) is 35.4 Å². The van der Waals surface area contributed by atoms with Crippen LogP contribution in [-0.2, 0) is 12.8 Å². The Bertz CT molecular complexity index is 266. The molecule has 56 valence electrons. The third-order valence-corrected chi connectivity index (χ3v) is 1.71. The Morgan fingerprint density at radius 3 is 2.73 bits per heavy atom. The van der Waals surface area contributed by atoms with Crippen molar-refractivity contribution in [3.63, 3.8) is 0 Å². The Morgan fingerprint density at radius 1 is 1.36 bits per heavy atom. The lowest BCUT2D eigenvalue weighted by atomic mass is 10.1. The molecular formula is C11H12. The minimum Gasteiger partial charge on any atom is -0.120 e. The molecular weight excluding hydrogens is 132 g/mol. The second-order valence-corrected chi connectivity index (χ2v) is 2.55. The van der Waals surface area contributed by atoms with E-state index in [1.807, 2.05) is 0 Å². The van der Waals surface area contributed by atoms with Gasteiger partial charge in [0, 0.05) is 6.42 Å². The molecule has 0 aliphatic rings. The second-order valence-electron chi connectivity index (χ2n) is 2.55. The molecule has 0 atom stereocenters. The van der Waals surface area contributed by atoms with Crippen molar-refractivity contribution in [1.82, 2.24) is 0 Å². The molecule has 0 unspecified atom stereocenters. The lowest BCUT2D eigenvalue weighted by Crippen LogP contribution is -1.84. The lowest BCUT2D eigenvalue weighted by Gasteiger charge is -1.98. The topological polar surface area (TPSA) is 0 Å². The predicted octanol–water partition coefficient (Wildman–Crippen LogP) is 2.42. The third-order valence-electron chi connectivity index (χ3n) is 1.71. The monoisotopic (exact) mass is 144 g/mol. The highest BCUT2D eigenvalue weighted by Crippen LogP contribution is 2.05. The molecule has 1 rings (SSSR count). The maximum Gasteiger partial charge on any atom is 0.0337 e. The van der Waals surface area contributed by atoms with Gasteiger partial charge in [0.15, 0.2) is 0 Å². The molecule has 0 bridgehead atoms. The summed E-state index contributed by atoms with van der Waals surface area (Å²) in [7, 11) is 0. The van der Waals surface area contributed by atoms with Gasteiger partial charge in [-0.05, 0) is 17.5 Å². The van der Waals surface area contributed by atoms with Crippen molar-refractivity contribution in [2.24, 2.45) is 0 Å². The molecule has 1 aromatic carbocycles. The van der Waals surface area contributed by atoms with Crippen molar-refractivity contribution in [3.8, 4) is 12.3 Å². The summed E-state index contributed by atoms with van der Waals surface area (Å²) in [5.41, 5.74) is 2.60. The summed E-state index contributed by atoms with van der Waals surface area (Å²) in [6, 6.07) is 8.42. The van der Waals surface area contributed by atoms with E-state index in [-0.39, 0.29) is 0 Å². The highest BCUT2D eigenvalue weighted by Gasteiger charge is 1.90. The first-order chi connectivity index (χ1) is 5.36. The first kappa shape index (κ1) is 7.88. The molecule has 0 radical (unpaired) electrons. The highest BCUT2D eigenvalue weighted by molar-refractivity contribution is 5.25. The second kappa shape index (κ2) is 3.83. The summed E-state index contributed by atoms with van der Waals surface area (Å²) < 4.78 is 0. The van der Waals surface area contributed by atoms with E-state index in [2.05, 4.69) is 37.1 Å². The van der Waals surface area contributed by atoms with Gasteiger partial charge in [0.05, 0.1) is 0 Å². The number of hydrogen-bond acceptors (Lipinski definition) is 0. The van der Waals surface area contributed by atoms with Crippen LogP contribution in [0.15, 0.2) is 24.3 Å². The van der Waals surface area contributed by atoms with Crippen LogP contribution in [0.3, 0.4) is 0 Å². The maximum absolute atomic E-state index is 5.20. The molecule has 11 heavy (non-hydrogen) atoms. The molecule has 0 heterocycles. The molecule has 0 heteroatoms. The average Bonchev–Trinajstić information content (AvgIpc) is 2.06. The summed E-state index contributed by atoms with van der Waals surface area (Å²) in [4.78, 5) is 0. The van der Waals surface area contributed by atoms with Crippen molar-refractivity contribution in [1.29, 1.82) is 0 Å². The summed E-state index contributed by atoms with van der Waals surface area (Å²) in [5.74, 6) is 2.64. The van der Waals surface area contributed by atoms with Gasteiger partial charge in [-0.2, -0.15) is 0 Å². The van der Waals surface area contributed by atoms with E-state index in [0.29, 0.717) is 0 Å². The zero-order chi connectivity index (χ0) is 8.10.